The van der Waals surface area contributed by atoms with Crippen LogP contribution in [-0.2, 0) is 0 Å². The number of thiophene rings is 1. The molecule has 1 aliphatic rings. The molecule has 88 valence electrons. The van der Waals surface area contributed by atoms with Crippen LogP contribution in [0.3, 0.4) is 0 Å². The smallest absolute Gasteiger partial charge is 0.166 e. The lowest BCUT2D eigenvalue weighted by atomic mass is 10.0. The van der Waals surface area contributed by atoms with Crippen molar-refractivity contribution in [3.63, 3.8) is 0 Å². The summed E-state index contributed by atoms with van der Waals surface area (Å²) in [4.78, 5) is 0. The Morgan fingerprint density at radius 1 is 1.18 bits per heavy atom. The fourth-order valence-electron chi connectivity index (χ4n) is 1.97. The van der Waals surface area contributed by atoms with E-state index < -0.39 is 0 Å². The van der Waals surface area contributed by atoms with Gasteiger partial charge in [0, 0.05) is 5.56 Å². The number of nitrogens with two attached hydrogens (primary N) is 1. The molecule has 2 aromatic rings. The van der Waals surface area contributed by atoms with Gasteiger partial charge in [0.2, 0.25) is 0 Å². The highest BCUT2D eigenvalue weighted by molar-refractivity contribution is 7.08. The van der Waals surface area contributed by atoms with E-state index in [2.05, 4.69) is 5.38 Å². The van der Waals surface area contributed by atoms with Crippen LogP contribution in [0, 0.1) is 0 Å². The van der Waals surface area contributed by atoms with E-state index in [1.165, 1.54) is 0 Å². The topological polar surface area (TPSA) is 44.5 Å². The van der Waals surface area contributed by atoms with Gasteiger partial charge in [0.1, 0.15) is 13.2 Å². The van der Waals surface area contributed by atoms with E-state index >= 15 is 0 Å². The summed E-state index contributed by atoms with van der Waals surface area (Å²) in [7, 11) is 0. The number of hydrogen-bond donors (Lipinski definition) is 1. The predicted octanol–water partition coefficient (Wildman–Crippen LogP) is 2.57. The maximum atomic E-state index is 6.26. The van der Waals surface area contributed by atoms with Crippen LogP contribution < -0.4 is 15.2 Å². The van der Waals surface area contributed by atoms with Crippen molar-refractivity contribution in [1.82, 2.24) is 0 Å². The van der Waals surface area contributed by atoms with Crippen molar-refractivity contribution in [2.24, 2.45) is 5.73 Å². The van der Waals surface area contributed by atoms with Crippen LogP contribution in [0.5, 0.6) is 11.5 Å². The van der Waals surface area contributed by atoms with E-state index in [-0.39, 0.29) is 6.04 Å². The Bertz CT molecular complexity index is 510. The molecule has 17 heavy (non-hydrogen) atoms. The molecule has 0 aliphatic carbocycles. The Balaban J connectivity index is 2.03. The van der Waals surface area contributed by atoms with Crippen molar-refractivity contribution in [3.05, 3.63) is 46.2 Å². The molecule has 2 N–H and O–H groups in total. The largest absolute Gasteiger partial charge is 0.486 e. The van der Waals surface area contributed by atoms with Crippen LogP contribution in [0.1, 0.15) is 17.2 Å². The Hall–Kier alpha value is -1.52. The van der Waals surface area contributed by atoms with Crippen molar-refractivity contribution >= 4 is 11.3 Å². The average Bonchev–Trinajstić information content (AvgIpc) is 2.91. The van der Waals surface area contributed by atoms with Gasteiger partial charge in [0.25, 0.3) is 0 Å². The minimum atomic E-state index is -0.155. The predicted molar refractivity (Wildman–Crippen MR) is 67.8 cm³/mol. The van der Waals surface area contributed by atoms with Gasteiger partial charge in [-0.1, -0.05) is 12.1 Å². The number of para-hydroxylation sites is 1. The van der Waals surface area contributed by atoms with E-state index in [1.807, 2.05) is 29.6 Å². The Morgan fingerprint density at radius 3 is 2.88 bits per heavy atom. The van der Waals surface area contributed by atoms with E-state index in [9.17, 15) is 0 Å². The lowest BCUT2D eigenvalue weighted by Gasteiger charge is -2.23. The normalized spacial score (nSPS) is 15.6. The van der Waals surface area contributed by atoms with Gasteiger partial charge in [-0.25, -0.2) is 0 Å². The maximum absolute atomic E-state index is 6.26. The third-order valence-electron chi connectivity index (χ3n) is 2.83. The van der Waals surface area contributed by atoms with Gasteiger partial charge in [0.15, 0.2) is 11.5 Å². The SMILES string of the molecule is N[C@H](c1ccsc1)c1cccc2c1OCCO2. The number of rotatable bonds is 2. The molecule has 0 radical (unpaired) electrons. The fourth-order valence-corrected chi connectivity index (χ4v) is 2.67. The van der Waals surface area contributed by atoms with Gasteiger partial charge in [-0.2, -0.15) is 11.3 Å². The molecule has 0 spiro atoms. The molecular formula is C13H13NO2S. The van der Waals surface area contributed by atoms with Crippen LogP contribution in [0.25, 0.3) is 0 Å². The molecule has 0 bridgehead atoms. The Morgan fingerprint density at radius 2 is 2.06 bits per heavy atom. The van der Waals surface area contributed by atoms with Gasteiger partial charge < -0.3 is 15.2 Å². The second-order valence-electron chi connectivity index (χ2n) is 3.91. The van der Waals surface area contributed by atoms with Gasteiger partial charge in [-0.05, 0) is 28.5 Å². The van der Waals surface area contributed by atoms with Crippen LogP contribution in [0.4, 0.5) is 0 Å². The number of ether oxygens (including phenoxy) is 2. The first-order valence-corrected chi connectivity index (χ1v) is 6.47. The summed E-state index contributed by atoms with van der Waals surface area (Å²) < 4.78 is 11.2. The van der Waals surface area contributed by atoms with Gasteiger partial charge in [-0.3, -0.25) is 0 Å². The minimum Gasteiger partial charge on any atom is -0.486 e. The highest BCUT2D eigenvalue weighted by Crippen LogP contribution is 2.38. The summed E-state index contributed by atoms with van der Waals surface area (Å²) in [6, 6.07) is 7.75. The molecule has 1 aromatic heterocycles. The van der Waals surface area contributed by atoms with Gasteiger partial charge >= 0.3 is 0 Å². The van der Waals surface area contributed by atoms with Crippen molar-refractivity contribution < 1.29 is 9.47 Å². The van der Waals surface area contributed by atoms with E-state index in [1.54, 1.807) is 11.3 Å². The summed E-state index contributed by atoms with van der Waals surface area (Å²) in [5.41, 5.74) is 8.35. The average molecular weight is 247 g/mol. The summed E-state index contributed by atoms with van der Waals surface area (Å²) in [5, 5.41) is 4.09. The molecule has 0 saturated carbocycles. The first-order chi connectivity index (χ1) is 8.36. The number of fused-ring (bicyclic) bond motifs is 1. The quantitative estimate of drug-likeness (QED) is 0.887. The van der Waals surface area contributed by atoms with E-state index in [4.69, 9.17) is 15.2 Å². The second-order valence-corrected chi connectivity index (χ2v) is 4.69. The first kappa shape index (κ1) is 10.6. The Labute approximate surface area is 104 Å². The highest BCUT2D eigenvalue weighted by Gasteiger charge is 2.20. The van der Waals surface area contributed by atoms with Crippen molar-refractivity contribution in [2.75, 3.05) is 13.2 Å². The van der Waals surface area contributed by atoms with Crippen LogP contribution >= 0.6 is 11.3 Å². The highest BCUT2D eigenvalue weighted by atomic mass is 32.1. The zero-order chi connectivity index (χ0) is 11.7. The molecule has 1 aromatic carbocycles. The molecular weight excluding hydrogens is 234 g/mol. The molecule has 0 fully saturated rings. The molecule has 4 heteroatoms. The summed E-state index contributed by atoms with van der Waals surface area (Å²) >= 11 is 1.65. The van der Waals surface area contributed by atoms with E-state index in [0.717, 1.165) is 22.6 Å². The summed E-state index contributed by atoms with van der Waals surface area (Å²) in [6.45, 7) is 1.19. The molecule has 0 amide bonds. The van der Waals surface area contributed by atoms with Crippen LogP contribution in [0.15, 0.2) is 35.0 Å². The molecule has 0 saturated heterocycles. The molecule has 0 unspecified atom stereocenters. The Kier molecular flexibility index (Phi) is 2.74. The lowest BCUT2D eigenvalue weighted by Crippen LogP contribution is -2.19. The molecule has 1 aliphatic heterocycles. The van der Waals surface area contributed by atoms with Crippen molar-refractivity contribution in [2.45, 2.75) is 6.04 Å². The lowest BCUT2D eigenvalue weighted by molar-refractivity contribution is 0.169. The van der Waals surface area contributed by atoms with Crippen molar-refractivity contribution in [3.8, 4) is 11.5 Å². The molecule has 3 rings (SSSR count). The van der Waals surface area contributed by atoms with Crippen LogP contribution in [0.2, 0.25) is 0 Å². The minimum absolute atomic E-state index is 0.155. The van der Waals surface area contributed by atoms with Gasteiger partial charge in [0.05, 0.1) is 6.04 Å². The van der Waals surface area contributed by atoms with E-state index in [0.29, 0.717) is 13.2 Å². The maximum Gasteiger partial charge on any atom is 0.166 e. The third kappa shape index (κ3) is 1.90. The zero-order valence-corrected chi connectivity index (χ0v) is 10.1. The van der Waals surface area contributed by atoms with Gasteiger partial charge in [-0.15, -0.1) is 0 Å². The summed E-state index contributed by atoms with van der Waals surface area (Å²) in [5.74, 6) is 1.58. The fraction of sp³-hybridized carbons (Fsp3) is 0.231. The summed E-state index contributed by atoms with van der Waals surface area (Å²) in [6.07, 6.45) is 0. The first-order valence-electron chi connectivity index (χ1n) is 5.52. The standard InChI is InChI=1S/C13H13NO2S/c14-12(9-4-7-17-8-9)10-2-1-3-11-13(10)16-6-5-15-11/h1-4,7-8,12H,5-6,14H2/t12-/m1/s1. The monoisotopic (exact) mass is 247 g/mol. The molecule has 2 heterocycles. The molecule has 3 nitrogen and oxygen atoms in total. The molecule has 1 atom stereocenters. The number of benzene rings is 1. The number of hydrogen-bond acceptors (Lipinski definition) is 4. The zero-order valence-electron chi connectivity index (χ0n) is 9.26. The van der Waals surface area contributed by atoms with Crippen LogP contribution in [-0.4, -0.2) is 13.2 Å². The second kappa shape index (κ2) is 4.39. The van der Waals surface area contributed by atoms with Crippen molar-refractivity contribution in [1.29, 1.82) is 0 Å². The third-order valence-corrected chi connectivity index (χ3v) is 3.54.